The van der Waals surface area contributed by atoms with Crippen LogP contribution in [0.5, 0.6) is 5.75 Å². The van der Waals surface area contributed by atoms with E-state index in [0.717, 1.165) is 44.8 Å². The lowest BCUT2D eigenvalue weighted by atomic mass is 9.86. The molecule has 2 saturated heterocycles. The maximum atomic E-state index is 13.5. The minimum atomic E-state index is -1.09. The monoisotopic (exact) mass is 452 g/mol. The standard InChI is InChI=1S/C25H29N3O5/c1-17-15-18(6-7-20(17)32-2)23(29)21-22(19-5-3-8-26-16-19)28(25(31)24(21)30)10-4-9-27-11-13-33-14-12-27/h3,5-8,15-16,21-22H,4,9-14H2,1-2H3/p+1. The summed E-state index contributed by atoms with van der Waals surface area (Å²) in [5, 5.41) is 0. The molecule has 0 aliphatic carbocycles. The number of nitrogens with one attached hydrogen (secondary N) is 1. The summed E-state index contributed by atoms with van der Waals surface area (Å²) in [7, 11) is 1.57. The van der Waals surface area contributed by atoms with Gasteiger partial charge >= 0.3 is 0 Å². The molecule has 3 heterocycles. The number of pyridine rings is 1. The minimum Gasteiger partial charge on any atom is -0.496 e. The highest BCUT2D eigenvalue weighted by Crippen LogP contribution is 2.38. The zero-order chi connectivity index (χ0) is 23.4. The van der Waals surface area contributed by atoms with Crippen molar-refractivity contribution in [2.24, 2.45) is 5.92 Å². The predicted octanol–water partition coefficient (Wildman–Crippen LogP) is 0.655. The zero-order valence-electron chi connectivity index (χ0n) is 19.1. The fraction of sp³-hybridized carbons (Fsp3) is 0.440. The molecule has 33 heavy (non-hydrogen) atoms. The van der Waals surface area contributed by atoms with Gasteiger partial charge < -0.3 is 19.3 Å². The van der Waals surface area contributed by atoms with Gasteiger partial charge in [-0.1, -0.05) is 6.07 Å². The SMILES string of the molecule is COc1ccc(C(=O)C2C(=O)C(=O)N(CCC[NH+]3CCOCC3)C2c2cccnc2)cc1C. The molecule has 0 bridgehead atoms. The molecule has 0 saturated carbocycles. The summed E-state index contributed by atoms with van der Waals surface area (Å²) in [6.45, 7) is 6.51. The molecular weight excluding hydrogens is 422 g/mol. The molecule has 8 nitrogen and oxygen atoms in total. The van der Waals surface area contributed by atoms with E-state index in [1.807, 2.05) is 13.0 Å². The second-order valence-corrected chi connectivity index (χ2v) is 8.59. The number of ketones is 2. The summed E-state index contributed by atoms with van der Waals surface area (Å²) in [4.78, 5) is 46.8. The summed E-state index contributed by atoms with van der Waals surface area (Å²) < 4.78 is 10.7. The van der Waals surface area contributed by atoms with Crippen molar-refractivity contribution < 1.29 is 28.8 Å². The summed E-state index contributed by atoms with van der Waals surface area (Å²) in [6, 6.07) is 8.00. The number of morpholine rings is 1. The smallest absolute Gasteiger partial charge is 0.291 e. The number of carbonyl (C=O) groups is 3. The van der Waals surface area contributed by atoms with Crippen LogP contribution in [-0.2, 0) is 14.3 Å². The first-order valence-corrected chi connectivity index (χ1v) is 11.4. The van der Waals surface area contributed by atoms with Crippen molar-refractivity contribution in [1.82, 2.24) is 9.88 Å². The summed E-state index contributed by atoms with van der Waals surface area (Å²) in [5.74, 6) is -2.03. The van der Waals surface area contributed by atoms with Gasteiger partial charge in [0.05, 0.1) is 32.9 Å². The highest BCUT2D eigenvalue weighted by molar-refractivity contribution is 6.44. The van der Waals surface area contributed by atoms with Crippen LogP contribution in [0.25, 0.3) is 0 Å². The molecule has 2 aliphatic rings. The van der Waals surface area contributed by atoms with Gasteiger partial charge in [0.2, 0.25) is 5.78 Å². The van der Waals surface area contributed by atoms with Crippen molar-refractivity contribution in [3.63, 3.8) is 0 Å². The van der Waals surface area contributed by atoms with Crippen LogP contribution in [0, 0.1) is 12.8 Å². The number of hydrogen-bond donors (Lipinski definition) is 1. The van der Waals surface area contributed by atoms with Crippen molar-refractivity contribution in [2.75, 3.05) is 46.5 Å². The molecule has 2 aliphatic heterocycles. The van der Waals surface area contributed by atoms with Gasteiger partial charge in [-0.25, -0.2) is 0 Å². The van der Waals surface area contributed by atoms with Crippen LogP contribution >= 0.6 is 0 Å². The quantitative estimate of drug-likeness (QED) is 0.360. The molecule has 1 aromatic carbocycles. The number of carbonyl (C=O) groups excluding carboxylic acids is 3. The lowest BCUT2D eigenvalue weighted by Gasteiger charge is -2.28. The number of aromatic nitrogens is 1. The van der Waals surface area contributed by atoms with E-state index < -0.39 is 23.7 Å². The third kappa shape index (κ3) is 4.82. The Balaban J connectivity index is 1.59. The van der Waals surface area contributed by atoms with E-state index in [4.69, 9.17) is 9.47 Å². The Labute approximate surface area is 193 Å². The molecule has 1 aromatic heterocycles. The average molecular weight is 453 g/mol. The van der Waals surface area contributed by atoms with Gasteiger partial charge in [0.15, 0.2) is 5.78 Å². The van der Waals surface area contributed by atoms with E-state index >= 15 is 0 Å². The van der Waals surface area contributed by atoms with Gasteiger partial charge in [-0.05, 0) is 42.3 Å². The maximum Gasteiger partial charge on any atom is 0.291 e. The van der Waals surface area contributed by atoms with Gasteiger partial charge in [-0.2, -0.15) is 0 Å². The van der Waals surface area contributed by atoms with E-state index in [2.05, 4.69) is 4.98 Å². The summed E-state index contributed by atoms with van der Waals surface area (Å²) >= 11 is 0. The summed E-state index contributed by atoms with van der Waals surface area (Å²) in [6.07, 6.45) is 4.02. The Hall–Kier alpha value is -3.10. The largest absolute Gasteiger partial charge is 0.496 e. The first-order valence-electron chi connectivity index (χ1n) is 11.4. The van der Waals surface area contributed by atoms with Crippen molar-refractivity contribution in [3.8, 4) is 5.75 Å². The number of likely N-dealkylation sites (tertiary alicyclic amines) is 1. The fourth-order valence-electron chi connectivity index (χ4n) is 4.77. The average Bonchev–Trinajstić information content (AvgIpc) is 3.10. The first kappa shape index (κ1) is 23.1. The third-order valence-corrected chi connectivity index (χ3v) is 6.52. The zero-order valence-corrected chi connectivity index (χ0v) is 19.1. The number of nitrogens with zero attached hydrogens (tertiary/aromatic N) is 2. The van der Waals surface area contributed by atoms with Crippen LogP contribution in [0.2, 0.25) is 0 Å². The molecule has 2 unspecified atom stereocenters. The fourth-order valence-corrected chi connectivity index (χ4v) is 4.77. The highest BCUT2D eigenvalue weighted by Gasteiger charge is 2.51. The number of rotatable bonds is 8. The van der Waals surface area contributed by atoms with Crippen molar-refractivity contribution in [3.05, 3.63) is 59.4 Å². The van der Waals surface area contributed by atoms with Crippen LogP contribution in [-0.4, -0.2) is 73.9 Å². The number of methoxy groups -OCH3 is 1. The van der Waals surface area contributed by atoms with Gasteiger partial charge in [-0.3, -0.25) is 19.4 Å². The number of ether oxygens (including phenoxy) is 2. The van der Waals surface area contributed by atoms with Crippen LogP contribution in [0.1, 0.15) is 33.9 Å². The van der Waals surface area contributed by atoms with Gasteiger partial charge in [0.25, 0.3) is 5.91 Å². The molecule has 0 spiro atoms. The number of hydrogen-bond acceptors (Lipinski definition) is 6. The predicted molar refractivity (Wildman–Crippen MR) is 120 cm³/mol. The molecular formula is C25H30N3O5+. The van der Waals surface area contributed by atoms with Gasteiger partial charge in [0.1, 0.15) is 24.8 Å². The normalized spacial score (nSPS) is 21.5. The van der Waals surface area contributed by atoms with E-state index in [1.165, 1.54) is 4.90 Å². The number of benzene rings is 1. The Morgan fingerprint density at radius 2 is 2.03 bits per heavy atom. The van der Waals surface area contributed by atoms with Gasteiger partial charge in [0, 0.05) is 30.9 Å². The number of Topliss-reactive ketones (excluding diaryl/α,β-unsaturated/α-hetero) is 2. The van der Waals surface area contributed by atoms with Crippen molar-refractivity contribution in [2.45, 2.75) is 19.4 Å². The van der Waals surface area contributed by atoms with E-state index in [1.54, 1.807) is 48.7 Å². The van der Waals surface area contributed by atoms with E-state index in [0.29, 0.717) is 23.4 Å². The van der Waals surface area contributed by atoms with Crippen molar-refractivity contribution in [1.29, 1.82) is 0 Å². The number of amides is 1. The second kappa shape index (κ2) is 10.2. The Bertz CT molecular complexity index is 1020. The Kier molecular flexibility index (Phi) is 7.15. The molecule has 2 fully saturated rings. The second-order valence-electron chi connectivity index (χ2n) is 8.59. The molecule has 174 valence electrons. The van der Waals surface area contributed by atoms with Crippen molar-refractivity contribution >= 4 is 17.5 Å². The topological polar surface area (TPSA) is 90.2 Å². The molecule has 8 heteroatoms. The van der Waals surface area contributed by atoms with Crippen LogP contribution in [0.4, 0.5) is 0 Å². The van der Waals surface area contributed by atoms with Gasteiger partial charge in [-0.15, -0.1) is 0 Å². The van der Waals surface area contributed by atoms with Crippen LogP contribution < -0.4 is 9.64 Å². The maximum absolute atomic E-state index is 13.5. The third-order valence-electron chi connectivity index (χ3n) is 6.52. The van der Waals surface area contributed by atoms with Crippen LogP contribution in [0.15, 0.2) is 42.7 Å². The Morgan fingerprint density at radius 1 is 1.24 bits per heavy atom. The molecule has 4 rings (SSSR count). The van der Waals surface area contributed by atoms with E-state index in [9.17, 15) is 14.4 Å². The Morgan fingerprint density at radius 3 is 2.70 bits per heavy atom. The minimum absolute atomic E-state index is 0.353. The molecule has 2 aromatic rings. The van der Waals surface area contributed by atoms with Crippen LogP contribution in [0.3, 0.4) is 0 Å². The molecule has 1 N–H and O–H groups in total. The number of aryl methyl sites for hydroxylation is 1. The lowest BCUT2D eigenvalue weighted by Crippen LogP contribution is -3.14. The summed E-state index contributed by atoms with van der Waals surface area (Å²) in [5.41, 5.74) is 1.88. The molecule has 0 radical (unpaired) electrons. The first-order chi connectivity index (χ1) is 16.0. The molecule has 2 atom stereocenters. The number of quaternary nitrogens is 1. The molecule has 1 amide bonds. The lowest BCUT2D eigenvalue weighted by molar-refractivity contribution is -0.908. The highest BCUT2D eigenvalue weighted by atomic mass is 16.5. The van der Waals surface area contributed by atoms with E-state index in [-0.39, 0.29) is 5.78 Å².